The molecule has 1 aliphatic heterocycles. The van der Waals surface area contributed by atoms with Crippen LogP contribution in [0.3, 0.4) is 0 Å². The summed E-state index contributed by atoms with van der Waals surface area (Å²) in [5.74, 6) is 0.0212. The molecule has 0 spiro atoms. The van der Waals surface area contributed by atoms with Gasteiger partial charge < -0.3 is 5.32 Å². The van der Waals surface area contributed by atoms with E-state index >= 15 is 0 Å². The van der Waals surface area contributed by atoms with Crippen LogP contribution in [0, 0.1) is 10.1 Å². The molecule has 12 heteroatoms. The maximum absolute atomic E-state index is 13.2. The van der Waals surface area contributed by atoms with E-state index in [9.17, 15) is 19.5 Å². The van der Waals surface area contributed by atoms with Gasteiger partial charge in [-0.25, -0.2) is 9.76 Å². The average Bonchev–Trinajstić information content (AvgIpc) is 2.67. The van der Waals surface area contributed by atoms with Gasteiger partial charge in [0, 0.05) is 49.4 Å². The summed E-state index contributed by atoms with van der Waals surface area (Å²) in [4.78, 5) is 23.8. The topological polar surface area (TPSA) is 114 Å². The van der Waals surface area contributed by atoms with Crippen molar-refractivity contribution in [3.8, 4) is 0 Å². The van der Waals surface area contributed by atoms with Crippen LogP contribution >= 0.6 is 30.9 Å². The number of nitrogens with zero attached hydrogens (tertiary/aromatic N) is 2. The van der Waals surface area contributed by atoms with Gasteiger partial charge in [0.15, 0.2) is 0 Å². The van der Waals surface area contributed by atoms with Gasteiger partial charge in [-0.05, 0) is 13.8 Å². The quantitative estimate of drug-likeness (QED) is 0.248. The van der Waals surface area contributed by atoms with E-state index in [0.717, 1.165) is 0 Å². The molecule has 0 aliphatic carbocycles. The van der Waals surface area contributed by atoms with Crippen LogP contribution in [0.15, 0.2) is 24.3 Å². The van der Waals surface area contributed by atoms with Crippen molar-refractivity contribution in [2.75, 3.05) is 31.4 Å². The Morgan fingerprint density at radius 2 is 2.00 bits per heavy atom. The molecule has 0 radical (unpaired) electrons. The van der Waals surface area contributed by atoms with Crippen LogP contribution in [0.1, 0.15) is 25.8 Å². The molecule has 2 rings (SSSR count). The molecule has 1 aromatic carbocycles. The Kier molecular flexibility index (Phi) is 8.46. The molecule has 1 amide bonds. The van der Waals surface area contributed by atoms with E-state index in [-0.39, 0.29) is 23.0 Å². The Hall–Kier alpha value is -1.22. The molecule has 2 atom stereocenters. The Morgan fingerprint density at radius 3 is 2.59 bits per heavy atom. The minimum atomic E-state index is -3.43. The van der Waals surface area contributed by atoms with Gasteiger partial charge in [-0.15, -0.1) is 23.2 Å². The Balaban J connectivity index is 2.17. The number of alkyl halides is 2. The summed E-state index contributed by atoms with van der Waals surface area (Å²) < 4.78 is 20.5. The lowest BCUT2D eigenvalue weighted by atomic mass is 9.82. The van der Waals surface area contributed by atoms with Gasteiger partial charge in [0.05, 0.1) is 10.3 Å². The predicted molar refractivity (Wildman–Crippen MR) is 112 cm³/mol. The molecule has 1 aromatic rings. The fourth-order valence-corrected chi connectivity index (χ4v) is 5.74. The Morgan fingerprint density at radius 1 is 1.38 bits per heavy atom. The van der Waals surface area contributed by atoms with E-state index in [1.54, 1.807) is 36.7 Å². The van der Waals surface area contributed by atoms with Crippen LogP contribution in [0.25, 0.3) is 0 Å². The first-order valence-electron chi connectivity index (χ1n) is 9.11. The number of carbonyl (C=O) groups is 1. The lowest BCUT2D eigenvalue weighted by Crippen LogP contribution is -2.50. The molecule has 1 saturated heterocycles. The second-order valence-corrected chi connectivity index (χ2v) is 9.91. The maximum Gasteiger partial charge on any atom is 0.345 e. The number of halogens is 2. The molecular formula is C17H25Cl2N4O5P. The van der Waals surface area contributed by atoms with Crippen molar-refractivity contribution in [1.82, 2.24) is 15.1 Å². The number of para-hydroxylation sites is 1. The van der Waals surface area contributed by atoms with Gasteiger partial charge in [-0.2, -0.15) is 0 Å². The number of benzene rings is 1. The first kappa shape index (κ1) is 24.1. The van der Waals surface area contributed by atoms with Crippen molar-refractivity contribution in [3.63, 3.8) is 0 Å². The van der Waals surface area contributed by atoms with Gasteiger partial charge in [0.25, 0.3) is 5.69 Å². The number of nitro benzene ring substituents is 1. The van der Waals surface area contributed by atoms with E-state index in [0.29, 0.717) is 26.1 Å². The molecular weight excluding hydrogens is 442 g/mol. The normalized spacial score (nSPS) is 22.4. The van der Waals surface area contributed by atoms with Gasteiger partial charge in [0.1, 0.15) is 6.23 Å². The van der Waals surface area contributed by atoms with Crippen molar-refractivity contribution in [2.24, 2.45) is 0 Å². The molecule has 9 nitrogen and oxygen atoms in total. The van der Waals surface area contributed by atoms with Crippen LogP contribution in [0.5, 0.6) is 0 Å². The second-order valence-electron chi connectivity index (χ2n) is 7.02. The smallest absolute Gasteiger partial charge is 0.329 e. The maximum atomic E-state index is 13.2. The fraction of sp³-hybridized carbons (Fsp3) is 0.588. The fourth-order valence-electron chi connectivity index (χ4n) is 3.05. The lowest BCUT2D eigenvalue weighted by molar-refractivity contribution is -0.385. The van der Waals surface area contributed by atoms with Crippen molar-refractivity contribution in [1.29, 1.82) is 0 Å². The van der Waals surface area contributed by atoms with E-state index < -0.39 is 30.1 Å². The monoisotopic (exact) mass is 466 g/mol. The van der Waals surface area contributed by atoms with Gasteiger partial charge in [0.2, 0.25) is 5.91 Å². The zero-order valence-electron chi connectivity index (χ0n) is 16.3. The molecule has 0 bridgehead atoms. The number of nitrogens with one attached hydrogen (secondary N) is 2. The number of rotatable bonds is 9. The molecule has 0 aromatic heterocycles. The molecule has 2 N–H and O–H groups in total. The standard InChI is InChI=1S/C17H25Cl2N4O5P/c1-17(2,13-5-3-4-6-14(13)23(25)26)16(24)21-15-7-10-20-29(27,28-15)22(11-8-18)12-9-19/h3-6,15H,7-12H2,1-2H3,(H,20,27)(H,21,24)/t15-,29-/m0/s1. The number of amides is 1. The average molecular weight is 467 g/mol. The highest BCUT2D eigenvalue weighted by molar-refractivity contribution is 7.54. The van der Waals surface area contributed by atoms with Crippen molar-refractivity contribution in [3.05, 3.63) is 39.9 Å². The second kappa shape index (κ2) is 10.2. The Labute approximate surface area is 179 Å². The highest BCUT2D eigenvalue weighted by Crippen LogP contribution is 2.49. The van der Waals surface area contributed by atoms with Crippen LogP contribution in [0.4, 0.5) is 5.69 Å². The largest absolute Gasteiger partial charge is 0.345 e. The molecule has 162 valence electrons. The summed E-state index contributed by atoms with van der Waals surface area (Å²) in [6.07, 6.45) is -0.428. The highest BCUT2D eigenvalue weighted by atomic mass is 35.5. The molecule has 0 saturated carbocycles. The molecule has 1 aliphatic rings. The van der Waals surface area contributed by atoms with E-state index in [4.69, 9.17) is 27.7 Å². The third-order valence-corrected chi connectivity index (χ3v) is 7.33. The number of carbonyl (C=O) groups excluding carboxylic acids is 1. The highest BCUT2D eigenvalue weighted by Gasteiger charge is 2.41. The molecule has 1 fully saturated rings. The minimum Gasteiger partial charge on any atom is -0.329 e. The summed E-state index contributed by atoms with van der Waals surface area (Å²) >= 11 is 11.6. The Bertz CT molecular complexity index is 789. The summed E-state index contributed by atoms with van der Waals surface area (Å²) in [5, 5.41) is 16.9. The summed E-state index contributed by atoms with van der Waals surface area (Å²) in [7, 11) is -3.43. The number of hydrogen-bond acceptors (Lipinski definition) is 5. The van der Waals surface area contributed by atoms with Crippen LogP contribution in [-0.2, 0) is 19.3 Å². The first-order chi connectivity index (χ1) is 13.7. The van der Waals surface area contributed by atoms with Gasteiger partial charge >= 0.3 is 7.67 Å². The number of nitro groups is 1. The van der Waals surface area contributed by atoms with Crippen molar-refractivity contribution in [2.45, 2.75) is 31.9 Å². The van der Waals surface area contributed by atoms with E-state index in [2.05, 4.69) is 10.4 Å². The summed E-state index contributed by atoms with van der Waals surface area (Å²) in [6, 6.07) is 6.09. The van der Waals surface area contributed by atoms with E-state index in [1.165, 1.54) is 6.07 Å². The van der Waals surface area contributed by atoms with Crippen LogP contribution < -0.4 is 10.4 Å². The van der Waals surface area contributed by atoms with Crippen LogP contribution in [-0.4, -0.2) is 53.1 Å². The van der Waals surface area contributed by atoms with Crippen LogP contribution in [0.2, 0.25) is 0 Å². The third-order valence-electron chi connectivity index (χ3n) is 4.68. The summed E-state index contributed by atoms with van der Waals surface area (Å²) in [6.45, 7) is 4.16. The third kappa shape index (κ3) is 5.69. The zero-order valence-corrected chi connectivity index (χ0v) is 18.7. The molecule has 29 heavy (non-hydrogen) atoms. The van der Waals surface area contributed by atoms with Gasteiger partial charge in [-0.3, -0.25) is 24.0 Å². The minimum absolute atomic E-state index is 0.139. The van der Waals surface area contributed by atoms with E-state index in [1.807, 2.05) is 0 Å². The number of hydrogen-bond donors (Lipinski definition) is 2. The van der Waals surface area contributed by atoms with Gasteiger partial charge in [-0.1, -0.05) is 18.2 Å². The zero-order chi connectivity index (χ0) is 21.7. The SMILES string of the molecule is CC(C)(C(=O)N[C@@H]1CCN[P@@](=O)(N(CCCl)CCCl)O1)c1ccccc1[N+](=O)[O-]. The first-order valence-corrected chi connectivity index (χ1v) is 11.8. The predicted octanol–water partition coefficient (Wildman–Crippen LogP) is 3.21. The summed E-state index contributed by atoms with van der Waals surface area (Å²) in [5.41, 5.74) is -1.06. The lowest BCUT2D eigenvalue weighted by Gasteiger charge is -2.38. The van der Waals surface area contributed by atoms with Crippen molar-refractivity contribution >= 4 is 42.5 Å². The molecule has 0 unspecified atom stereocenters. The van der Waals surface area contributed by atoms with Crippen molar-refractivity contribution < 1.29 is 18.8 Å². The molecule has 1 heterocycles.